The van der Waals surface area contributed by atoms with Crippen molar-refractivity contribution in [1.29, 1.82) is 0 Å². The summed E-state index contributed by atoms with van der Waals surface area (Å²) in [4.78, 5) is 35.5. The van der Waals surface area contributed by atoms with Crippen molar-refractivity contribution < 1.29 is 23.9 Å². The van der Waals surface area contributed by atoms with Crippen LogP contribution < -0.4 is 15.8 Å². The zero-order valence-corrected chi connectivity index (χ0v) is 14.5. The molecule has 0 aliphatic heterocycles. The van der Waals surface area contributed by atoms with Crippen LogP contribution in [-0.4, -0.2) is 30.5 Å². The fourth-order valence-corrected chi connectivity index (χ4v) is 2.27. The van der Waals surface area contributed by atoms with Crippen molar-refractivity contribution >= 4 is 23.5 Å². The molecule has 7 heteroatoms. The molecule has 2 aromatic rings. The predicted molar refractivity (Wildman–Crippen MR) is 96.5 cm³/mol. The third-order valence-electron chi connectivity index (χ3n) is 3.47. The van der Waals surface area contributed by atoms with E-state index in [-0.39, 0.29) is 11.3 Å². The van der Waals surface area contributed by atoms with Gasteiger partial charge >= 0.3 is 12.0 Å². The maximum Gasteiger partial charge on any atom is 0.338 e. The molecule has 2 amide bonds. The molecule has 0 aromatic heterocycles. The van der Waals surface area contributed by atoms with Gasteiger partial charge in [-0.25, -0.2) is 9.59 Å². The average molecular weight is 356 g/mol. The Bertz CT molecular complexity index is 802. The lowest BCUT2D eigenvalue weighted by Gasteiger charge is -2.13. The number of Topliss-reactive ketones (excluding diaryl/α,β-unsaturated/α-hetero) is 1. The van der Waals surface area contributed by atoms with Crippen LogP contribution >= 0.6 is 0 Å². The van der Waals surface area contributed by atoms with Crippen molar-refractivity contribution in [2.24, 2.45) is 5.73 Å². The molecule has 0 heterocycles. The molecule has 136 valence electrons. The number of amides is 2. The summed E-state index contributed by atoms with van der Waals surface area (Å²) >= 11 is 0. The number of hydrogen-bond acceptors (Lipinski definition) is 5. The summed E-state index contributed by atoms with van der Waals surface area (Å²) in [7, 11) is 0. The molecule has 0 fully saturated rings. The molecule has 0 saturated carbocycles. The van der Waals surface area contributed by atoms with Crippen molar-refractivity contribution in [2.75, 3.05) is 11.9 Å². The van der Waals surface area contributed by atoms with Crippen LogP contribution in [-0.2, 0) is 4.74 Å². The van der Waals surface area contributed by atoms with E-state index in [0.717, 1.165) is 0 Å². The monoisotopic (exact) mass is 356 g/mol. The first-order valence-corrected chi connectivity index (χ1v) is 8.05. The van der Waals surface area contributed by atoms with Gasteiger partial charge in [-0.15, -0.1) is 0 Å². The number of primary amides is 1. The number of rotatable bonds is 7. The van der Waals surface area contributed by atoms with Gasteiger partial charge in [0.25, 0.3) is 0 Å². The van der Waals surface area contributed by atoms with E-state index in [1.54, 1.807) is 36.4 Å². The number of benzene rings is 2. The van der Waals surface area contributed by atoms with Gasteiger partial charge in [0.15, 0.2) is 6.10 Å². The molecule has 0 unspecified atom stereocenters. The fourth-order valence-electron chi connectivity index (χ4n) is 2.27. The lowest BCUT2D eigenvalue weighted by molar-refractivity contribution is 0.0319. The van der Waals surface area contributed by atoms with Crippen molar-refractivity contribution in [2.45, 2.75) is 20.0 Å². The average Bonchev–Trinajstić information content (AvgIpc) is 2.61. The first kappa shape index (κ1) is 19.0. The van der Waals surface area contributed by atoms with E-state index in [4.69, 9.17) is 15.2 Å². The van der Waals surface area contributed by atoms with Crippen molar-refractivity contribution in [3.8, 4) is 5.75 Å². The maximum absolute atomic E-state index is 12.4. The van der Waals surface area contributed by atoms with Crippen LogP contribution in [0.15, 0.2) is 48.5 Å². The molecule has 2 rings (SSSR count). The van der Waals surface area contributed by atoms with E-state index < -0.39 is 18.1 Å². The first-order valence-electron chi connectivity index (χ1n) is 8.05. The zero-order chi connectivity index (χ0) is 19.1. The molecule has 0 radical (unpaired) electrons. The Morgan fingerprint density at radius 3 is 2.38 bits per heavy atom. The van der Waals surface area contributed by atoms with E-state index in [1.165, 1.54) is 19.1 Å². The summed E-state index contributed by atoms with van der Waals surface area (Å²) in [6.45, 7) is 3.90. The van der Waals surface area contributed by atoms with Gasteiger partial charge in [-0.2, -0.15) is 0 Å². The second-order valence-electron chi connectivity index (χ2n) is 5.44. The Morgan fingerprint density at radius 1 is 1.08 bits per heavy atom. The van der Waals surface area contributed by atoms with Gasteiger partial charge in [0.2, 0.25) is 5.78 Å². The van der Waals surface area contributed by atoms with Gasteiger partial charge in [-0.05, 0) is 56.3 Å². The van der Waals surface area contributed by atoms with Crippen molar-refractivity contribution in [3.05, 3.63) is 59.7 Å². The molecule has 0 spiro atoms. The molecule has 0 saturated heterocycles. The Labute approximate surface area is 151 Å². The number of carbonyl (C=O) groups excluding carboxylic acids is 3. The Kier molecular flexibility index (Phi) is 6.32. The van der Waals surface area contributed by atoms with Crippen LogP contribution in [0.3, 0.4) is 0 Å². The molecular formula is C19H20N2O5. The number of urea groups is 1. The van der Waals surface area contributed by atoms with Crippen LogP contribution in [0.25, 0.3) is 0 Å². The lowest BCUT2D eigenvalue weighted by Crippen LogP contribution is -2.24. The van der Waals surface area contributed by atoms with Gasteiger partial charge in [-0.3, -0.25) is 4.79 Å². The van der Waals surface area contributed by atoms with Gasteiger partial charge in [0.1, 0.15) is 5.75 Å². The second-order valence-corrected chi connectivity index (χ2v) is 5.44. The second kappa shape index (κ2) is 8.66. The van der Waals surface area contributed by atoms with E-state index in [9.17, 15) is 14.4 Å². The summed E-state index contributed by atoms with van der Waals surface area (Å²) in [5.74, 6) is -0.342. The lowest BCUT2D eigenvalue weighted by atomic mass is 10.1. The highest BCUT2D eigenvalue weighted by Crippen LogP contribution is 2.16. The summed E-state index contributed by atoms with van der Waals surface area (Å²) in [5.41, 5.74) is 6.02. The summed E-state index contributed by atoms with van der Waals surface area (Å²) in [5, 5.41) is 2.37. The number of ketones is 1. The predicted octanol–water partition coefficient (Wildman–Crippen LogP) is 3.00. The summed E-state index contributed by atoms with van der Waals surface area (Å²) < 4.78 is 10.6. The number of carbonyl (C=O) groups is 3. The maximum atomic E-state index is 12.4. The van der Waals surface area contributed by atoms with Crippen LogP contribution in [0.1, 0.15) is 34.6 Å². The van der Waals surface area contributed by atoms with Crippen molar-refractivity contribution in [1.82, 2.24) is 0 Å². The highest BCUT2D eigenvalue weighted by atomic mass is 16.5. The van der Waals surface area contributed by atoms with Crippen LogP contribution in [0, 0.1) is 0 Å². The van der Waals surface area contributed by atoms with E-state index in [0.29, 0.717) is 23.6 Å². The SMILES string of the molecule is CCOc1ccc(C(=O)[C@H](C)OC(=O)c2cccc(NC(N)=O)c2)cc1. The van der Waals surface area contributed by atoms with Crippen molar-refractivity contribution in [3.63, 3.8) is 0 Å². The molecule has 0 aliphatic rings. The molecule has 0 bridgehead atoms. The minimum atomic E-state index is -0.965. The minimum absolute atomic E-state index is 0.197. The zero-order valence-electron chi connectivity index (χ0n) is 14.5. The number of esters is 1. The summed E-state index contributed by atoms with van der Waals surface area (Å²) in [6, 6.07) is 12.0. The van der Waals surface area contributed by atoms with Gasteiger partial charge < -0.3 is 20.5 Å². The largest absolute Gasteiger partial charge is 0.494 e. The number of anilines is 1. The van der Waals surface area contributed by atoms with Gasteiger partial charge in [-0.1, -0.05) is 6.07 Å². The molecule has 1 atom stereocenters. The van der Waals surface area contributed by atoms with Crippen LogP contribution in [0.5, 0.6) is 5.75 Å². The third kappa shape index (κ3) is 5.07. The van der Waals surface area contributed by atoms with Gasteiger partial charge in [0, 0.05) is 11.3 Å². The van der Waals surface area contributed by atoms with Crippen LogP contribution in [0.2, 0.25) is 0 Å². The Hall–Kier alpha value is -3.35. The van der Waals surface area contributed by atoms with E-state index in [1.807, 2.05) is 6.92 Å². The van der Waals surface area contributed by atoms with Gasteiger partial charge in [0.05, 0.1) is 12.2 Å². The fraction of sp³-hybridized carbons (Fsp3) is 0.211. The Morgan fingerprint density at radius 2 is 1.77 bits per heavy atom. The summed E-state index contributed by atoms with van der Waals surface area (Å²) in [6.07, 6.45) is -0.965. The molecule has 0 aliphatic carbocycles. The number of ether oxygens (including phenoxy) is 2. The molecule has 3 N–H and O–H groups in total. The quantitative estimate of drug-likeness (QED) is 0.586. The highest BCUT2D eigenvalue weighted by Gasteiger charge is 2.20. The Balaban J connectivity index is 2.03. The number of hydrogen-bond donors (Lipinski definition) is 2. The van der Waals surface area contributed by atoms with E-state index >= 15 is 0 Å². The number of nitrogens with one attached hydrogen (secondary N) is 1. The van der Waals surface area contributed by atoms with Crippen LogP contribution in [0.4, 0.5) is 10.5 Å². The molecular weight excluding hydrogens is 336 g/mol. The minimum Gasteiger partial charge on any atom is -0.494 e. The smallest absolute Gasteiger partial charge is 0.338 e. The molecule has 26 heavy (non-hydrogen) atoms. The van der Waals surface area contributed by atoms with E-state index in [2.05, 4.69) is 5.32 Å². The molecule has 2 aromatic carbocycles. The standard InChI is InChI=1S/C19H20N2O5/c1-3-25-16-9-7-13(8-10-16)17(22)12(2)26-18(23)14-5-4-6-15(11-14)21-19(20)24/h4-12H,3H2,1-2H3,(H3,20,21,24)/t12-/m0/s1. The normalized spacial score (nSPS) is 11.3. The molecule has 7 nitrogen and oxygen atoms in total. The third-order valence-corrected chi connectivity index (χ3v) is 3.47. The number of nitrogens with two attached hydrogens (primary N) is 1. The highest BCUT2D eigenvalue weighted by molar-refractivity contribution is 6.01. The topological polar surface area (TPSA) is 108 Å². The first-order chi connectivity index (χ1) is 12.4.